The van der Waals surface area contributed by atoms with Crippen LogP contribution in [0.25, 0.3) is 0 Å². The van der Waals surface area contributed by atoms with Gasteiger partial charge in [0.25, 0.3) is 0 Å². The minimum Gasteiger partial charge on any atom is -0.399 e. The molecule has 8 heteroatoms. The third-order valence-electron chi connectivity index (χ3n) is 3.38. The number of aliphatic hydroxyl groups is 1. The molecule has 4 N–H and O–H groups in total. The summed E-state index contributed by atoms with van der Waals surface area (Å²) in [5, 5.41) is 9.06. The van der Waals surface area contributed by atoms with Gasteiger partial charge in [-0.15, -0.1) is 0 Å². The maximum atomic E-state index is 13.8. The van der Waals surface area contributed by atoms with Gasteiger partial charge in [0, 0.05) is 12.2 Å². The number of nitrogens with one attached hydrogen (secondary N) is 1. The summed E-state index contributed by atoms with van der Waals surface area (Å²) in [5.41, 5.74) is 5.56. The second kappa shape index (κ2) is 5.85. The molecule has 2 unspecified atom stereocenters. The van der Waals surface area contributed by atoms with Crippen LogP contribution < -0.4 is 10.5 Å². The molecule has 0 aromatic heterocycles. The first-order chi connectivity index (χ1) is 9.29. The van der Waals surface area contributed by atoms with E-state index < -0.39 is 20.7 Å². The molecule has 2 rings (SSSR count). The van der Waals surface area contributed by atoms with Crippen LogP contribution in [0.3, 0.4) is 0 Å². The van der Waals surface area contributed by atoms with Crippen LogP contribution in [0.2, 0.25) is 5.02 Å². The van der Waals surface area contributed by atoms with Crippen molar-refractivity contribution in [2.45, 2.75) is 30.3 Å². The van der Waals surface area contributed by atoms with Crippen LogP contribution in [0.4, 0.5) is 10.1 Å². The van der Waals surface area contributed by atoms with E-state index in [4.69, 9.17) is 17.3 Å². The Morgan fingerprint density at radius 3 is 2.75 bits per heavy atom. The van der Waals surface area contributed by atoms with Gasteiger partial charge < -0.3 is 10.8 Å². The molecule has 20 heavy (non-hydrogen) atoms. The summed E-state index contributed by atoms with van der Waals surface area (Å²) < 4.78 is 40.3. The lowest BCUT2D eigenvalue weighted by Crippen LogP contribution is -2.29. The summed E-state index contributed by atoms with van der Waals surface area (Å²) in [6, 6.07) is 2.19. The van der Waals surface area contributed by atoms with Crippen molar-refractivity contribution in [1.29, 1.82) is 0 Å². The fourth-order valence-corrected chi connectivity index (χ4v) is 3.85. The maximum absolute atomic E-state index is 13.8. The smallest absolute Gasteiger partial charge is 0.243 e. The SMILES string of the molecule is Nc1cc(Cl)c(F)c(S(=O)(=O)NCC2CCC(O)C2)c1. The van der Waals surface area contributed by atoms with E-state index in [0.717, 1.165) is 18.6 Å². The summed E-state index contributed by atoms with van der Waals surface area (Å²) in [6.45, 7) is 0.158. The van der Waals surface area contributed by atoms with Crippen molar-refractivity contribution in [1.82, 2.24) is 4.72 Å². The van der Waals surface area contributed by atoms with E-state index in [1.54, 1.807) is 0 Å². The van der Waals surface area contributed by atoms with E-state index >= 15 is 0 Å². The number of anilines is 1. The standard InChI is InChI=1S/C12H16ClFN2O3S/c13-10-4-8(15)5-11(12(10)14)20(18,19)16-6-7-1-2-9(17)3-7/h4-5,7,9,16-17H,1-3,6,15H2. The van der Waals surface area contributed by atoms with Gasteiger partial charge in [0.1, 0.15) is 4.90 Å². The summed E-state index contributed by atoms with van der Waals surface area (Å²) >= 11 is 5.59. The largest absolute Gasteiger partial charge is 0.399 e. The first kappa shape index (κ1) is 15.5. The Kier molecular flexibility index (Phi) is 4.53. The molecule has 1 aromatic carbocycles. The lowest BCUT2D eigenvalue weighted by molar-refractivity contribution is 0.178. The predicted molar refractivity (Wildman–Crippen MR) is 74.4 cm³/mol. The number of nitrogen functional groups attached to an aromatic ring is 1. The molecule has 5 nitrogen and oxygen atoms in total. The Morgan fingerprint density at radius 1 is 1.45 bits per heavy atom. The number of halogens is 2. The minimum atomic E-state index is -4.01. The minimum absolute atomic E-state index is 0.0550. The Bertz CT molecular complexity index is 609. The summed E-state index contributed by atoms with van der Waals surface area (Å²) in [4.78, 5) is -0.555. The topological polar surface area (TPSA) is 92.4 Å². The van der Waals surface area contributed by atoms with E-state index in [-0.39, 0.29) is 29.3 Å². The van der Waals surface area contributed by atoms with Crippen molar-refractivity contribution in [3.05, 3.63) is 23.0 Å². The zero-order valence-corrected chi connectivity index (χ0v) is 12.2. The molecule has 0 aliphatic heterocycles. The quantitative estimate of drug-likeness (QED) is 0.732. The van der Waals surface area contributed by atoms with Gasteiger partial charge in [0.15, 0.2) is 5.82 Å². The van der Waals surface area contributed by atoms with Crippen molar-refractivity contribution in [2.24, 2.45) is 5.92 Å². The summed E-state index contributed by atoms with van der Waals surface area (Å²) in [7, 11) is -4.01. The normalized spacial score (nSPS) is 23.1. The highest BCUT2D eigenvalue weighted by molar-refractivity contribution is 7.89. The first-order valence-corrected chi connectivity index (χ1v) is 8.08. The van der Waals surface area contributed by atoms with Crippen LogP contribution in [0.15, 0.2) is 17.0 Å². The fourth-order valence-electron chi connectivity index (χ4n) is 2.32. The summed E-state index contributed by atoms with van der Waals surface area (Å²) in [5.74, 6) is -0.959. The number of aliphatic hydroxyl groups excluding tert-OH is 1. The van der Waals surface area contributed by atoms with Gasteiger partial charge in [-0.05, 0) is 37.3 Å². The molecule has 1 saturated carbocycles. The number of sulfonamides is 1. The number of rotatable bonds is 4. The van der Waals surface area contributed by atoms with Gasteiger partial charge in [-0.25, -0.2) is 17.5 Å². The zero-order valence-electron chi connectivity index (χ0n) is 10.6. The molecule has 112 valence electrons. The number of hydrogen-bond acceptors (Lipinski definition) is 4. The lowest BCUT2D eigenvalue weighted by Gasteiger charge is -2.13. The monoisotopic (exact) mass is 322 g/mol. The molecular weight excluding hydrogens is 307 g/mol. The van der Waals surface area contributed by atoms with Gasteiger partial charge in [0.2, 0.25) is 10.0 Å². The van der Waals surface area contributed by atoms with Crippen molar-refractivity contribution >= 4 is 27.3 Å². The highest BCUT2D eigenvalue weighted by Gasteiger charge is 2.26. The fraction of sp³-hybridized carbons (Fsp3) is 0.500. The molecule has 1 fully saturated rings. The van der Waals surface area contributed by atoms with E-state index in [9.17, 15) is 17.9 Å². The molecule has 0 heterocycles. The second-order valence-corrected chi connectivity index (χ2v) is 7.14. The van der Waals surface area contributed by atoms with Gasteiger partial charge >= 0.3 is 0 Å². The number of hydrogen-bond donors (Lipinski definition) is 3. The third-order valence-corrected chi connectivity index (χ3v) is 5.08. The third kappa shape index (κ3) is 3.41. The van der Waals surface area contributed by atoms with E-state index in [0.29, 0.717) is 12.8 Å². The number of nitrogens with two attached hydrogens (primary N) is 1. The molecule has 1 aliphatic rings. The van der Waals surface area contributed by atoms with Gasteiger partial charge in [0.05, 0.1) is 11.1 Å². The molecular formula is C12H16ClFN2O3S. The van der Waals surface area contributed by atoms with Gasteiger partial charge in [-0.1, -0.05) is 11.6 Å². The Balaban J connectivity index is 2.14. The van der Waals surface area contributed by atoms with Crippen molar-refractivity contribution in [3.8, 4) is 0 Å². The maximum Gasteiger partial charge on any atom is 0.243 e. The van der Waals surface area contributed by atoms with Crippen molar-refractivity contribution < 1.29 is 17.9 Å². The Morgan fingerprint density at radius 2 is 2.15 bits per heavy atom. The van der Waals surface area contributed by atoms with Crippen LogP contribution >= 0.6 is 11.6 Å². The van der Waals surface area contributed by atoms with Crippen molar-refractivity contribution in [3.63, 3.8) is 0 Å². The average Bonchev–Trinajstić information content (AvgIpc) is 2.77. The molecule has 0 bridgehead atoms. The van der Waals surface area contributed by atoms with Gasteiger partial charge in [-0.3, -0.25) is 0 Å². The summed E-state index contributed by atoms with van der Waals surface area (Å²) in [6.07, 6.45) is 1.56. The Hall–Kier alpha value is -0.890. The molecule has 0 spiro atoms. The molecule has 0 amide bonds. The van der Waals surface area contributed by atoms with Crippen LogP contribution in [0.5, 0.6) is 0 Å². The van der Waals surface area contributed by atoms with E-state index in [2.05, 4.69) is 4.72 Å². The zero-order chi connectivity index (χ0) is 14.9. The molecule has 1 aromatic rings. The first-order valence-electron chi connectivity index (χ1n) is 6.22. The predicted octanol–water partition coefficient (Wildman–Crippen LogP) is 1.50. The van der Waals surface area contributed by atoms with E-state index in [1.165, 1.54) is 0 Å². The molecule has 0 saturated heterocycles. The highest BCUT2D eigenvalue weighted by atomic mass is 35.5. The molecule has 2 atom stereocenters. The second-order valence-electron chi connectivity index (χ2n) is 5.00. The lowest BCUT2D eigenvalue weighted by atomic mass is 10.1. The van der Waals surface area contributed by atoms with Crippen LogP contribution in [-0.4, -0.2) is 26.2 Å². The van der Waals surface area contributed by atoms with Crippen LogP contribution in [0, 0.1) is 11.7 Å². The highest BCUT2D eigenvalue weighted by Crippen LogP contribution is 2.27. The van der Waals surface area contributed by atoms with Crippen LogP contribution in [-0.2, 0) is 10.0 Å². The van der Waals surface area contributed by atoms with Crippen molar-refractivity contribution in [2.75, 3.05) is 12.3 Å². The van der Waals surface area contributed by atoms with Gasteiger partial charge in [-0.2, -0.15) is 0 Å². The molecule has 0 radical (unpaired) electrons. The Labute approximate surface area is 122 Å². The molecule has 1 aliphatic carbocycles. The van der Waals surface area contributed by atoms with E-state index in [1.807, 2.05) is 0 Å². The average molecular weight is 323 g/mol. The number of benzene rings is 1. The van der Waals surface area contributed by atoms with Crippen LogP contribution in [0.1, 0.15) is 19.3 Å².